The maximum Gasteiger partial charge on any atom is 0.313 e. The highest BCUT2D eigenvalue weighted by Gasteiger charge is 2.52. The van der Waals surface area contributed by atoms with Gasteiger partial charge >= 0.3 is 5.97 Å². The normalized spacial score (nSPS) is 28.9. The van der Waals surface area contributed by atoms with Crippen molar-refractivity contribution in [1.29, 1.82) is 0 Å². The van der Waals surface area contributed by atoms with Crippen LogP contribution in [0.1, 0.15) is 24.8 Å². The maximum atomic E-state index is 12.8. The van der Waals surface area contributed by atoms with E-state index in [2.05, 4.69) is 0 Å². The number of benzene rings is 1. The Morgan fingerprint density at radius 3 is 2.36 bits per heavy atom. The third-order valence-electron chi connectivity index (χ3n) is 5.25. The van der Waals surface area contributed by atoms with Crippen molar-refractivity contribution in [2.24, 2.45) is 5.41 Å². The first-order valence-electron chi connectivity index (χ1n) is 8.57. The second kappa shape index (κ2) is 7.03. The number of aliphatic hydroxyl groups excluding tert-OH is 1. The molecule has 2 aliphatic heterocycles. The molecular formula is C17H24N2O5S. The van der Waals surface area contributed by atoms with Gasteiger partial charge in [0.15, 0.2) is 0 Å². The molecule has 2 atom stereocenters. The Labute approximate surface area is 148 Å². The summed E-state index contributed by atoms with van der Waals surface area (Å²) < 4.78 is 28.3. The summed E-state index contributed by atoms with van der Waals surface area (Å²) in [5.74, 6) is -1.16. The van der Waals surface area contributed by atoms with Crippen LogP contribution in [0.4, 0.5) is 0 Å². The van der Waals surface area contributed by atoms with E-state index in [-0.39, 0.29) is 25.9 Å². The quantitative estimate of drug-likeness (QED) is 0.798. The standard InChI is InChI=1S/C17H24N2O5S/c20-15-8-11-19(25(23,24)18-9-4-5-10-18)13-17(15,16(21)22)12-14-6-2-1-3-7-14/h1-3,6-7,15,20H,4-5,8-13H2,(H,21,22)/t15-,17-/m1/s1. The average molecular weight is 368 g/mol. The number of carboxylic acids is 1. The summed E-state index contributed by atoms with van der Waals surface area (Å²) >= 11 is 0. The fraction of sp³-hybridized carbons (Fsp3) is 0.588. The molecule has 2 saturated heterocycles. The summed E-state index contributed by atoms with van der Waals surface area (Å²) in [6.07, 6.45) is 0.770. The van der Waals surface area contributed by atoms with Gasteiger partial charge in [0.25, 0.3) is 10.2 Å². The summed E-state index contributed by atoms with van der Waals surface area (Å²) in [6, 6.07) is 9.03. The zero-order chi connectivity index (χ0) is 18.1. The van der Waals surface area contributed by atoms with Gasteiger partial charge in [0.05, 0.1) is 6.10 Å². The predicted molar refractivity (Wildman–Crippen MR) is 92.1 cm³/mol. The van der Waals surface area contributed by atoms with E-state index in [4.69, 9.17) is 0 Å². The van der Waals surface area contributed by atoms with Crippen molar-refractivity contribution >= 4 is 16.2 Å². The van der Waals surface area contributed by atoms with Crippen LogP contribution in [0.25, 0.3) is 0 Å². The highest BCUT2D eigenvalue weighted by Crippen LogP contribution is 2.36. The molecule has 0 radical (unpaired) electrons. The highest BCUT2D eigenvalue weighted by atomic mass is 32.2. The van der Waals surface area contributed by atoms with Crippen LogP contribution in [0, 0.1) is 5.41 Å². The molecule has 8 heteroatoms. The molecule has 2 N–H and O–H groups in total. The third-order valence-corrected chi connectivity index (χ3v) is 7.24. The van der Waals surface area contributed by atoms with Gasteiger partial charge in [0.2, 0.25) is 0 Å². The Morgan fingerprint density at radius 1 is 1.12 bits per heavy atom. The van der Waals surface area contributed by atoms with E-state index < -0.39 is 27.7 Å². The van der Waals surface area contributed by atoms with Crippen molar-refractivity contribution in [3.05, 3.63) is 35.9 Å². The lowest BCUT2D eigenvalue weighted by Gasteiger charge is -2.43. The Balaban J connectivity index is 1.90. The van der Waals surface area contributed by atoms with Crippen LogP contribution in [0.5, 0.6) is 0 Å². The van der Waals surface area contributed by atoms with Crippen molar-refractivity contribution in [2.45, 2.75) is 31.8 Å². The lowest BCUT2D eigenvalue weighted by molar-refractivity contribution is -0.160. The van der Waals surface area contributed by atoms with Gasteiger partial charge < -0.3 is 10.2 Å². The van der Waals surface area contributed by atoms with Crippen LogP contribution in [-0.4, -0.2) is 65.5 Å². The molecule has 1 aromatic carbocycles. The zero-order valence-electron chi connectivity index (χ0n) is 14.0. The molecule has 1 aromatic rings. The van der Waals surface area contributed by atoms with Crippen LogP contribution in [0.15, 0.2) is 30.3 Å². The molecule has 2 fully saturated rings. The number of aliphatic carboxylic acids is 1. The van der Waals surface area contributed by atoms with Gasteiger partial charge in [-0.25, -0.2) is 0 Å². The summed E-state index contributed by atoms with van der Waals surface area (Å²) in [5, 5.41) is 20.4. The number of piperidine rings is 1. The minimum Gasteiger partial charge on any atom is -0.481 e. The largest absolute Gasteiger partial charge is 0.481 e. The lowest BCUT2D eigenvalue weighted by Crippen LogP contribution is -2.60. The molecule has 0 saturated carbocycles. The number of carbonyl (C=O) groups is 1. The van der Waals surface area contributed by atoms with Crippen LogP contribution in [0.3, 0.4) is 0 Å². The van der Waals surface area contributed by atoms with Gasteiger partial charge in [-0.1, -0.05) is 30.3 Å². The van der Waals surface area contributed by atoms with Crippen molar-refractivity contribution in [3.8, 4) is 0 Å². The van der Waals surface area contributed by atoms with Gasteiger partial charge in [-0.15, -0.1) is 0 Å². The Hall–Kier alpha value is -1.48. The first kappa shape index (κ1) is 18.3. The second-order valence-electron chi connectivity index (χ2n) is 6.88. The van der Waals surface area contributed by atoms with E-state index in [1.165, 1.54) is 8.61 Å². The van der Waals surface area contributed by atoms with Crippen LogP contribution >= 0.6 is 0 Å². The Morgan fingerprint density at radius 2 is 1.76 bits per heavy atom. The molecule has 7 nitrogen and oxygen atoms in total. The van der Waals surface area contributed by atoms with Crippen LogP contribution in [-0.2, 0) is 21.4 Å². The molecule has 0 bridgehead atoms. The van der Waals surface area contributed by atoms with Gasteiger partial charge in [0.1, 0.15) is 5.41 Å². The number of hydrogen-bond acceptors (Lipinski definition) is 4. The molecule has 0 amide bonds. The van der Waals surface area contributed by atoms with E-state index in [9.17, 15) is 23.4 Å². The SMILES string of the molecule is O=C(O)[C@]1(Cc2ccccc2)CN(S(=O)(=O)N2CCCC2)CC[C@H]1O. The van der Waals surface area contributed by atoms with Crippen molar-refractivity contribution in [3.63, 3.8) is 0 Å². The third kappa shape index (κ3) is 3.44. The van der Waals surface area contributed by atoms with Crippen LogP contribution < -0.4 is 0 Å². The summed E-state index contributed by atoms with van der Waals surface area (Å²) in [7, 11) is -3.69. The average Bonchev–Trinajstić information content (AvgIpc) is 3.13. The monoisotopic (exact) mass is 368 g/mol. The summed E-state index contributed by atoms with van der Waals surface area (Å²) in [5.41, 5.74) is -0.767. The summed E-state index contributed by atoms with van der Waals surface area (Å²) in [4.78, 5) is 12.1. The van der Waals surface area contributed by atoms with E-state index in [1.54, 1.807) is 24.3 Å². The number of aliphatic hydroxyl groups is 1. The molecule has 0 aromatic heterocycles. The molecular weight excluding hydrogens is 344 g/mol. The van der Waals surface area contributed by atoms with Gasteiger partial charge in [-0.05, 0) is 31.2 Å². The first-order valence-corrected chi connectivity index (χ1v) is 9.96. The highest BCUT2D eigenvalue weighted by molar-refractivity contribution is 7.86. The maximum absolute atomic E-state index is 12.8. The molecule has 0 aliphatic carbocycles. The smallest absolute Gasteiger partial charge is 0.313 e. The van der Waals surface area contributed by atoms with Crippen LogP contribution in [0.2, 0.25) is 0 Å². The summed E-state index contributed by atoms with van der Waals surface area (Å²) in [6.45, 7) is 0.876. The number of nitrogens with zero attached hydrogens (tertiary/aromatic N) is 2. The fourth-order valence-electron chi connectivity index (χ4n) is 3.74. The van der Waals surface area contributed by atoms with Crippen molar-refractivity contribution in [1.82, 2.24) is 8.61 Å². The molecule has 0 unspecified atom stereocenters. The molecule has 138 valence electrons. The van der Waals surface area contributed by atoms with Crippen molar-refractivity contribution < 1.29 is 23.4 Å². The second-order valence-corrected chi connectivity index (χ2v) is 8.80. The molecule has 2 aliphatic rings. The Kier molecular flexibility index (Phi) is 5.15. The molecule has 2 heterocycles. The van der Waals surface area contributed by atoms with Gasteiger partial charge in [-0.2, -0.15) is 17.0 Å². The molecule has 25 heavy (non-hydrogen) atoms. The zero-order valence-corrected chi connectivity index (χ0v) is 14.9. The molecule has 3 rings (SSSR count). The van der Waals surface area contributed by atoms with Gasteiger partial charge in [-0.3, -0.25) is 4.79 Å². The van der Waals surface area contributed by atoms with E-state index in [0.717, 1.165) is 18.4 Å². The topological polar surface area (TPSA) is 98.2 Å². The van der Waals surface area contributed by atoms with E-state index in [1.807, 2.05) is 6.07 Å². The minimum absolute atomic E-state index is 0.0936. The lowest BCUT2D eigenvalue weighted by atomic mass is 9.73. The molecule has 0 spiro atoms. The fourth-order valence-corrected chi connectivity index (χ4v) is 5.52. The number of rotatable bonds is 5. The Bertz CT molecular complexity index is 718. The number of hydrogen-bond donors (Lipinski definition) is 2. The minimum atomic E-state index is -3.69. The van der Waals surface area contributed by atoms with Crippen molar-refractivity contribution in [2.75, 3.05) is 26.2 Å². The first-order chi connectivity index (χ1) is 11.9. The van der Waals surface area contributed by atoms with E-state index >= 15 is 0 Å². The number of carboxylic acid groups (broad SMARTS) is 1. The predicted octanol–water partition coefficient (Wildman–Crippen LogP) is 0.707. The van der Waals surface area contributed by atoms with E-state index in [0.29, 0.717) is 13.1 Å². The van der Waals surface area contributed by atoms with Gasteiger partial charge in [0, 0.05) is 26.2 Å².